The summed E-state index contributed by atoms with van der Waals surface area (Å²) in [4.78, 5) is 0. The number of hydrogen-bond acceptors (Lipinski definition) is 1. The van der Waals surface area contributed by atoms with E-state index in [-0.39, 0.29) is 10.6 Å². The zero-order chi connectivity index (χ0) is 13.2. The van der Waals surface area contributed by atoms with Crippen LogP contribution in [0.3, 0.4) is 0 Å². The Balaban J connectivity index is 3.07. The van der Waals surface area contributed by atoms with E-state index < -0.39 is 30.6 Å². The van der Waals surface area contributed by atoms with E-state index in [0.717, 1.165) is 6.07 Å². The van der Waals surface area contributed by atoms with E-state index in [1.54, 1.807) is 0 Å². The van der Waals surface area contributed by atoms with Crippen LogP contribution in [-0.2, 0) is 12.6 Å². The first-order chi connectivity index (χ1) is 7.71. The normalized spacial score (nSPS) is 14.1. The minimum absolute atomic E-state index is 0.105. The highest BCUT2D eigenvalue weighted by Crippen LogP contribution is 2.34. The lowest BCUT2D eigenvalue weighted by atomic mass is 10.0. The second kappa shape index (κ2) is 5.18. The lowest BCUT2D eigenvalue weighted by Gasteiger charge is -2.16. The van der Waals surface area contributed by atoms with Crippen molar-refractivity contribution in [3.8, 4) is 0 Å². The van der Waals surface area contributed by atoms with Gasteiger partial charge in [-0.25, -0.2) is 8.78 Å². The molecule has 0 bridgehead atoms. The Kier molecular flexibility index (Phi) is 4.32. The van der Waals surface area contributed by atoms with E-state index in [4.69, 9.17) is 17.3 Å². The van der Waals surface area contributed by atoms with Crippen LogP contribution in [0.4, 0.5) is 22.0 Å². The molecule has 0 aliphatic rings. The van der Waals surface area contributed by atoms with Crippen molar-refractivity contribution in [2.24, 2.45) is 5.73 Å². The van der Waals surface area contributed by atoms with Crippen molar-refractivity contribution in [1.29, 1.82) is 0 Å². The van der Waals surface area contributed by atoms with Gasteiger partial charge >= 0.3 is 6.18 Å². The Morgan fingerprint density at radius 3 is 2.29 bits per heavy atom. The van der Waals surface area contributed by atoms with Gasteiger partial charge in [0.1, 0.15) is 0 Å². The Morgan fingerprint density at radius 1 is 1.24 bits per heavy atom. The van der Waals surface area contributed by atoms with Crippen LogP contribution in [-0.4, -0.2) is 12.5 Å². The largest absolute Gasteiger partial charge is 0.416 e. The molecule has 0 amide bonds. The molecule has 1 atom stereocenters. The molecule has 0 radical (unpaired) electrons. The van der Waals surface area contributed by atoms with Crippen molar-refractivity contribution >= 4 is 11.6 Å². The number of halogens is 6. The number of hydrogen-bond donors (Lipinski definition) is 1. The summed E-state index contributed by atoms with van der Waals surface area (Å²) >= 11 is 5.44. The number of benzene rings is 1. The minimum atomic E-state index is -4.64. The van der Waals surface area contributed by atoms with E-state index >= 15 is 0 Å². The van der Waals surface area contributed by atoms with Gasteiger partial charge in [-0.3, -0.25) is 0 Å². The molecule has 0 heterocycles. The van der Waals surface area contributed by atoms with E-state index in [1.165, 1.54) is 6.07 Å². The molecule has 1 aromatic carbocycles. The third-order valence-electron chi connectivity index (χ3n) is 2.16. The fourth-order valence-corrected chi connectivity index (χ4v) is 1.51. The Bertz CT molecular complexity index is 391. The van der Waals surface area contributed by atoms with Gasteiger partial charge in [0.05, 0.1) is 11.6 Å². The van der Waals surface area contributed by atoms with E-state index in [9.17, 15) is 22.0 Å². The molecule has 1 unspecified atom stereocenters. The molecule has 7 heteroatoms. The Labute approximate surface area is 99.4 Å². The van der Waals surface area contributed by atoms with Crippen molar-refractivity contribution in [2.75, 3.05) is 0 Å². The molecule has 0 aliphatic heterocycles. The first-order valence-corrected chi connectivity index (χ1v) is 4.99. The van der Waals surface area contributed by atoms with Crippen LogP contribution in [0.25, 0.3) is 0 Å². The number of rotatable bonds is 3. The molecule has 0 spiro atoms. The maximum Gasteiger partial charge on any atom is 0.416 e. The standard InChI is InChI=1S/C10H9ClF5N/c11-6-2-1-5(3-8(17)9(12)13)7(4-6)10(14,15)16/h1-2,4,8-9H,3,17H2. The van der Waals surface area contributed by atoms with Crippen LogP contribution in [0, 0.1) is 0 Å². The van der Waals surface area contributed by atoms with Crippen LogP contribution in [0.5, 0.6) is 0 Å². The minimum Gasteiger partial charge on any atom is -0.323 e. The molecule has 0 saturated heterocycles. The molecule has 1 rings (SSSR count). The number of alkyl halides is 5. The lowest BCUT2D eigenvalue weighted by Crippen LogP contribution is -2.31. The predicted molar refractivity (Wildman–Crippen MR) is 54.1 cm³/mol. The summed E-state index contributed by atoms with van der Waals surface area (Å²) in [7, 11) is 0. The summed E-state index contributed by atoms with van der Waals surface area (Å²) in [5.74, 6) is 0. The maximum absolute atomic E-state index is 12.6. The van der Waals surface area contributed by atoms with Crippen molar-refractivity contribution in [3.63, 3.8) is 0 Å². The Morgan fingerprint density at radius 2 is 1.82 bits per heavy atom. The second-order valence-electron chi connectivity index (χ2n) is 3.50. The molecule has 96 valence electrons. The van der Waals surface area contributed by atoms with Gasteiger partial charge in [-0.05, 0) is 24.1 Å². The van der Waals surface area contributed by atoms with Gasteiger partial charge in [0.15, 0.2) is 0 Å². The molecular formula is C10H9ClF5N. The van der Waals surface area contributed by atoms with Gasteiger partial charge in [0, 0.05) is 5.02 Å². The van der Waals surface area contributed by atoms with E-state index in [0.29, 0.717) is 6.07 Å². The average Bonchev–Trinajstić information content (AvgIpc) is 2.18. The monoisotopic (exact) mass is 273 g/mol. The fraction of sp³-hybridized carbons (Fsp3) is 0.400. The van der Waals surface area contributed by atoms with Crippen molar-refractivity contribution < 1.29 is 22.0 Å². The summed E-state index contributed by atoms with van der Waals surface area (Å²) in [5.41, 5.74) is 3.74. The quantitative estimate of drug-likeness (QED) is 0.838. The van der Waals surface area contributed by atoms with Crippen LogP contribution in [0.2, 0.25) is 5.02 Å². The Hall–Kier alpha value is -0.880. The molecule has 0 aromatic heterocycles. The molecule has 2 N–H and O–H groups in total. The molecule has 0 fully saturated rings. The summed E-state index contributed by atoms with van der Waals surface area (Å²) in [6, 6.07) is 1.35. The van der Waals surface area contributed by atoms with Crippen LogP contribution in [0.1, 0.15) is 11.1 Å². The van der Waals surface area contributed by atoms with E-state index in [1.807, 2.05) is 0 Å². The number of nitrogens with two attached hydrogens (primary N) is 1. The van der Waals surface area contributed by atoms with Gasteiger partial charge in [-0.15, -0.1) is 0 Å². The maximum atomic E-state index is 12.6. The fourth-order valence-electron chi connectivity index (χ4n) is 1.33. The first-order valence-electron chi connectivity index (χ1n) is 4.61. The van der Waals surface area contributed by atoms with Gasteiger partial charge in [0.2, 0.25) is 0 Å². The zero-order valence-corrected chi connectivity index (χ0v) is 9.19. The highest BCUT2D eigenvalue weighted by molar-refractivity contribution is 6.30. The SMILES string of the molecule is NC(Cc1ccc(Cl)cc1C(F)(F)F)C(F)F. The molecule has 1 nitrogen and oxygen atoms in total. The van der Waals surface area contributed by atoms with Gasteiger partial charge in [-0.1, -0.05) is 17.7 Å². The van der Waals surface area contributed by atoms with Crippen LogP contribution < -0.4 is 5.73 Å². The van der Waals surface area contributed by atoms with Crippen molar-refractivity contribution in [1.82, 2.24) is 0 Å². The van der Waals surface area contributed by atoms with E-state index in [2.05, 4.69) is 0 Å². The topological polar surface area (TPSA) is 26.0 Å². The predicted octanol–water partition coefficient (Wildman–Crippen LogP) is 3.49. The molecular weight excluding hydrogens is 265 g/mol. The summed E-state index contributed by atoms with van der Waals surface area (Å²) < 4.78 is 62.2. The summed E-state index contributed by atoms with van der Waals surface area (Å²) in [6.45, 7) is 0. The summed E-state index contributed by atoms with van der Waals surface area (Å²) in [6.07, 6.45) is -8.06. The third kappa shape index (κ3) is 3.81. The second-order valence-corrected chi connectivity index (χ2v) is 3.94. The molecule has 0 saturated carbocycles. The lowest BCUT2D eigenvalue weighted by molar-refractivity contribution is -0.138. The third-order valence-corrected chi connectivity index (χ3v) is 2.39. The molecule has 0 aliphatic carbocycles. The smallest absolute Gasteiger partial charge is 0.323 e. The average molecular weight is 274 g/mol. The van der Waals surface area contributed by atoms with Crippen LogP contribution >= 0.6 is 11.6 Å². The van der Waals surface area contributed by atoms with Crippen molar-refractivity contribution in [3.05, 3.63) is 34.3 Å². The summed E-state index contributed by atoms with van der Waals surface area (Å²) in [5, 5.41) is -0.105. The van der Waals surface area contributed by atoms with Crippen LogP contribution in [0.15, 0.2) is 18.2 Å². The highest BCUT2D eigenvalue weighted by atomic mass is 35.5. The molecule has 17 heavy (non-hydrogen) atoms. The van der Waals surface area contributed by atoms with Gasteiger partial charge in [0.25, 0.3) is 6.43 Å². The van der Waals surface area contributed by atoms with Gasteiger partial charge in [-0.2, -0.15) is 13.2 Å². The van der Waals surface area contributed by atoms with Crippen molar-refractivity contribution in [2.45, 2.75) is 25.1 Å². The highest BCUT2D eigenvalue weighted by Gasteiger charge is 2.34. The first kappa shape index (κ1) is 14.2. The zero-order valence-electron chi connectivity index (χ0n) is 8.44. The molecule has 1 aromatic rings. The van der Waals surface area contributed by atoms with Gasteiger partial charge < -0.3 is 5.73 Å².